The molecule has 3 aromatic rings. The number of anilines is 2. The van der Waals surface area contributed by atoms with Gasteiger partial charge in [0.25, 0.3) is 0 Å². The predicted molar refractivity (Wildman–Crippen MR) is 99.8 cm³/mol. The largest absolute Gasteiger partial charge is 0.316 e. The van der Waals surface area contributed by atoms with Gasteiger partial charge in [-0.15, -0.1) is 0 Å². The topological polar surface area (TPSA) is 49.8 Å². The van der Waals surface area contributed by atoms with Crippen molar-refractivity contribution in [3.63, 3.8) is 0 Å². The van der Waals surface area contributed by atoms with Crippen molar-refractivity contribution in [2.24, 2.45) is 5.92 Å². The minimum atomic E-state index is 0.748. The van der Waals surface area contributed by atoms with Gasteiger partial charge in [-0.05, 0) is 49.0 Å². The van der Waals surface area contributed by atoms with Crippen molar-refractivity contribution in [1.82, 2.24) is 15.3 Å². The van der Waals surface area contributed by atoms with Crippen LogP contribution < -0.4 is 10.6 Å². The molecule has 0 spiro atoms. The maximum absolute atomic E-state index is 4.53. The summed E-state index contributed by atoms with van der Waals surface area (Å²) >= 11 is 1.64. The Balaban J connectivity index is 1.41. The first-order chi connectivity index (χ1) is 11.9. The molecule has 0 bridgehead atoms. The lowest BCUT2D eigenvalue weighted by Crippen LogP contribution is -2.10. The summed E-state index contributed by atoms with van der Waals surface area (Å²) in [6.45, 7) is 2.27. The van der Waals surface area contributed by atoms with Gasteiger partial charge in [0.05, 0.1) is 4.88 Å². The van der Waals surface area contributed by atoms with E-state index in [-0.39, 0.29) is 0 Å². The fourth-order valence-electron chi connectivity index (χ4n) is 3.02. The maximum Gasteiger partial charge on any atom is 0.188 e. The monoisotopic (exact) mass is 336 g/mol. The zero-order chi connectivity index (χ0) is 16.2. The molecule has 0 aliphatic carbocycles. The number of thiazole rings is 1. The summed E-state index contributed by atoms with van der Waals surface area (Å²) in [6, 6.07) is 14.5. The third-order valence-corrected chi connectivity index (χ3v) is 5.27. The highest BCUT2D eigenvalue weighted by Gasteiger charge is 2.14. The van der Waals surface area contributed by atoms with E-state index in [1.807, 2.05) is 36.7 Å². The van der Waals surface area contributed by atoms with Crippen LogP contribution in [0.4, 0.5) is 10.9 Å². The summed E-state index contributed by atoms with van der Waals surface area (Å²) in [6.07, 6.45) is 6.26. The highest BCUT2D eigenvalue weighted by Crippen LogP contribution is 2.30. The van der Waals surface area contributed by atoms with Gasteiger partial charge < -0.3 is 10.6 Å². The highest BCUT2D eigenvalue weighted by atomic mass is 32.1. The van der Waals surface area contributed by atoms with Crippen LogP contribution in [-0.2, 0) is 6.42 Å². The Kier molecular flexibility index (Phi) is 4.53. The van der Waals surface area contributed by atoms with Crippen molar-refractivity contribution < 1.29 is 0 Å². The molecule has 0 amide bonds. The lowest BCUT2D eigenvalue weighted by molar-refractivity contribution is 0.579. The number of pyridine rings is 1. The van der Waals surface area contributed by atoms with Gasteiger partial charge >= 0.3 is 0 Å². The van der Waals surface area contributed by atoms with E-state index in [1.165, 1.54) is 17.5 Å². The average molecular weight is 336 g/mol. The van der Waals surface area contributed by atoms with E-state index in [2.05, 4.69) is 38.8 Å². The second-order valence-electron chi connectivity index (χ2n) is 6.14. The van der Waals surface area contributed by atoms with E-state index in [1.54, 1.807) is 11.3 Å². The number of nitrogens with one attached hydrogen (secondary N) is 2. The SMILES string of the molecule is c1ccc(-c2cnc(Nc3ccc(C[C@H]4CCNC4)cn3)s2)cc1. The van der Waals surface area contributed by atoms with Crippen LogP contribution in [0.15, 0.2) is 54.9 Å². The van der Waals surface area contributed by atoms with Crippen LogP contribution in [0.3, 0.4) is 0 Å². The van der Waals surface area contributed by atoms with Crippen molar-refractivity contribution in [3.8, 4) is 10.4 Å². The first-order valence-corrected chi connectivity index (χ1v) is 9.12. The smallest absolute Gasteiger partial charge is 0.188 e. The molecule has 1 atom stereocenters. The van der Waals surface area contributed by atoms with Gasteiger partial charge in [-0.25, -0.2) is 9.97 Å². The molecule has 1 aliphatic heterocycles. The molecule has 0 unspecified atom stereocenters. The van der Waals surface area contributed by atoms with Crippen LogP contribution in [-0.4, -0.2) is 23.1 Å². The number of hydrogen-bond acceptors (Lipinski definition) is 5. The Bertz CT molecular complexity index is 777. The van der Waals surface area contributed by atoms with E-state index in [0.29, 0.717) is 0 Å². The molecule has 5 heteroatoms. The molecule has 4 rings (SSSR count). The Labute approximate surface area is 146 Å². The van der Waals surface area contributed by atoms with Crippen molar-refractivity contribution in [1.29, 1.82) is 0 Å². The number of benzene rings is 1. The fourth-order valence-corrected chi connectivity index (χ4v) is 3.85. The molecule has 1 fully saturated rings. The van der Waals surface area contributed by atoms with Gasteiger partial charge in [0.2, 0.25) is 0 Å². The van der Waals surface area contributed by atoms with Crippen molar-refractivity contribution in [3.05, 3.63) is 60.4 Å². The summed E-state index contributed by atoms with van der Waals surface area (Å²) in [7, 11) is 0. The molecule has 4 nitrogen and oxygen atoms in total. The zero-order valence-corrected chi connectivity index (χ0v) is 14.2. The van der Waals surface area contributed by atoms with Crippen LogP contribution in [0.5, 0.6) is 0 Å². The van der Waals surface area contributed by atoms with Gasteiger partial charge in [0.15, 0.2) is 5.13 Å². The van der Waals surface area contributed by atoms with E-state index in [4.69, 9.17) is 0 Å². The lowest BCUT2D eigenvalue weighted by atomic mass is 10.00. The standard InChI is InChI=1S/C19H20N4S/c1-2-4-16(5-3-1)17-13-22-19(24-17)23-18-7-6-14(12-21-18)10-15-8-9-20-11-15/h1-7,12-13,15,20H,8-11H2,(H,21,22,23)/t15-/m1/s1. The van der Waals surface area contributed by atoms with E-state index in [0.717, 1.165) is 41.3 Å². The molecule has 1 aromatic carbocycles. The summed E-state index contributed by atoms with van der Waals surface area (Å²) < 4.78 is 0. The average Bonchev–Trinajstić information content (AvgIpc) is 3.29. The Morgan fingerprint density at radius 3 is 2.75 bits per heavy atom. The zero-order valence-electron chi connectivity index (χ0n) is 13.4. The molecule has 2 aromatic heterocycles. The van der Waals surface area contributed by atoms with Gasteiger partial charge in [0, 0.05) is 12.4 Å². The molecule has 2 N–H and O–H groups in total. The number of aromatic nitrogens is 2. The number of rotatable bonds is 5. The van der Waals surface area contributed by atoms with Crippen LogP contribution in [0.25, 0.3) is 10.4 Å². The normalized spacial score (nSPS) is 17.1. The first-order valence-electron chi connectivity index (χ1n) is 8.31. The van der Waals surface area contributed by atoms with E-state index >= 15 is 0 Å². The van der Waals surface area contributed by atoms with Crippen LogP contribution in [0.2, 0.25) is 0 Å². The quantitative estimate of drug-likeness (QED) is 0.736. The Morgan fingerprint density at radius 2 is 2.00 bits per heavy atom. The summed E-state index contributed by atoms with van der Waals surface area (Å²) in [5.41, 5.74) is 2.50. The van der Waals surface area contributed by atoms with Crippen molar-refractivity contribution in [2.75, 3.05) is 18.4 Å². The van der Waals surface area contributed by atoms with Crippen LogP contribution in [0, 0.1) is 5.92 Å². The van der Waals surface area contributed by atoms with Gasteiger partial charge in [-0.1, -0.05) is 47.7 Å². The molecule has 24 heavy (non-hydrogen) atoms. The molecule has 1 saturated heterocycles. The Hall–Kier alpha value is -2.24. The highest BCUT2D eigenvalue weighted by molar-refractivity contribution is 7.18. The van der Waals surface area contributed by atoms with Crippen LogP contribution in [0.1, 0.15) is 12.0 Å². The first kappa shape index (κ1) is 15.3. The third kappa shape index (κ3) is 3.63. The van der Waals surface area contributed by atoms with E-state index < -0.39 is 0 Å². The molecule has 0 radical (unpaired) electrons. The van der Waals surface area contributed by atoms with Crippen LogP contribution >= 0.6 is 11.3 Å². The minimum Gasteiger partial charge on any atom is -0.316 e. The molecule has 122 valence electrons. The van der Waals surface area contributed by atoms with E-state index in [9.17, 15) is 0 Å². The Morgan fingerprint density at radius 1 is 1.08 bits per heavy atom. The van der Waals surface area contributed by atoms with Gasteiger partial charge in [-0.3, -0.25) is 0 Å². The predicted octanol–water partition coefficient (Wildman–Crippen LogP) is 4.10. The van der Waals surface area contributed by atoms with Crippen molar-refractivity contribution in [2.45, 2.75) is 12.8 Å². The maximum atomic E-state index is 4.53. The molecule has 1 aliphatic rings. The third-order valence-electron chi connectivity index (χ3n) is 4.31. The summed E-state index contributed by atoms with van der Waals surface area (Å²) in [4.78, 5) is 10.1. The molecular formula is C19H20N4S. The number of hydrogen-bond donors (Lipinski definition) is 2. The molecule has 3 heterocycles. The second-order valence-corrected chi connectivity index (χ2v) is 7.17. The minimum absolute atomic E-state index is 0.748. The molecular weight excluding hydrogens is 316 g/mol. The summed E-state index contributed by atoms with van der Waals surface area (Å²) in [5, 5.41) is 7.58. The van der Waals surface area contributed by atoms with Crippen molar-refractivity contribution >= 4 is 22.3 Å². The van der Waals surface area contributed by atoms with Gasteiger partial charge in [0.1, 0.15) is 5.82 Å². The second kappa shape index (κ2) is 7.11. The number of nitrogens with zero attached hydrogens (tertiary/aromatic N) is 2. The lowest BCUT2D eigenvalue weighted by Gasteiger charge is -2.08. The molecule has 0 saturated carbocycles. The van der Waals surface area contributed by atoms with Gasteiger partial charge in [-0.2, -0.15) is 0 Å². The fraction of sp³-hybridized carbons (Fsp3) is 0.263. The summed E-state index contributed by atoms with van der Waals surface area (Å²) in [5.74, 6) is 1.59.